The minimum absolute atomic E-state index is 0.256. The van der Waals surface area contributed by atoms with E-state index in [1.807, 2.05) is 4.90 Å². The van der Waals surface area contributed by atoms with Crippen molar-refractivity contribution >= 4 is 27.7 Å². The van der Waals surface area contributed by atoms with Crippen LogP contribution in [0.5, 0.6) is 0 Å². The fraction of sp³-hybridized carbons (Fsp3) is 0.214. The Balaban J connectivity index is 1.99. The van der Waals surface area contributed by atoms with Gasteiger partial charge >= 0.3 is 0 Å². The molecule has 0 amide bonds. The molecule has 1 aliphatic rings. The van der Waals surface area contributed by atoms with E-state index in [0.717, 1.165) is 16.5 Å². The van der Waals surface area contributed by atoms with Gasteiger partial charge in [-0.05, 0) is 24.1 Å². The predicted octanol–water partition coefficient (Wildman–Crippen LogP) is 2.81. The molecule has 0 saturated carbocycles. The highest BCUT2D eigenvalue weighted by atomic mass is 32.1. The number of nitrogen functional groups attached to an aromatic ring is 1. The zero-order chi connectivity index (χ0) is 15.9. The Morgan fingerprint density at radius 3 is 2.95 bits per heavy atom. The molecule has 0 aliphatic carbocycles. The van der Waals surface area contributed by atoms with E-state index in [1.54, 1.807) is 0 Å². The number of anilines is 2. The molecule has 2 heterocycles. The van der Waals surface area contributed by atoms with Crippen molar-refractivity contribution in [1.29, 1.82) is 5.26 Å². The Bertz CT molecular complexity index is 812. The molecule has 0 fully saturated rings. The number of nitrogens with zero attached hydrogens (tertiary/aromatic N) is 3. The third kappa shape index (κ3) is 2.25. The van der Waals surface area contributed by atoms with Crippen LogP contribution in [-0.2, 0) is 13.0 Å². The molecule has 0 spiro atoms. The summed E-state index contributed by atoms with van der Waals surface area (Å²) in [6, 6.07) is 5.66. The van der Waals surface area contributed by atoms with Crippen molar-refractivity contribution in [3.8, 4) is 6.07 Å². The number of nitrogens with two attached hydrogens (primary N) is 1. The van der Waals surface area contributed by atoms with Crippen LogP contribution < -0.4 is 10.6 Å². The van der Waals surface area contributed by atoms with Gasteiger partial charge in [0, 0.05) is 11.4 Å². The zero-order valence-electron chi connectivity index (χ0n) is 11.4. The Kier molecular flexibility index (Phi) is 3.42. The smallest absolute Gasteiger partial charge is 0.295 e. The van der Waals surface area contributed by atoms with Crippen LogP contribution in [0.15, 0.2) is 18.2 Å². The Labute approximate surface area is 129 Å². The molecule has 0 radical (unpaired) electrons. The van der Waals surface area contributed by atoms with Gasteiger partial charge in [-0.15, -0.1) is 11.3 Å². The Hall–Kier alpha value is -2.66. The van der Waals surface area contributed by atoms with Crippen molar-refractivity contribution in [3.63, 3.8) is 0 Å². The van der Waals surface area contributed by atoms with Crippen LogP contribution in [0, 0.1) is 27.3 Å². The number of thiophene rings is 1. The summed E-state index contributed by atoms with van der Waals surface area (Å²) in [4.78, 5) is 13.3. The van der Waals surface area contributed by atoms with Crippen molar-refractivity contribution in [2.24, 2.45) is 0 Å². The van der Waals surface area contributed by atoms with E-state index >= 15 is 0 Å². The average Bonchev–Trinajstić information content (AvgIpc) is 2.81. The summed E-state index contributed by atoms with van der Waals surface area (Å²) in [7, 11) is 0. The highest BCUT2D eigenvalue weighted by molar-refractivity contribution is 7.16. The third-order valence-electron chi connectivity index (χ3n) is 3.67. The molecule has 1 aromatic carbocycles. The van der Waals surface area contributed by atoms with Crippen LogP contribution >= 0.6 is 11.3 Å². The molecular weight excluding hydrogens is 307 g/mol. The minimum Gasteiger partial charge on any atom is -0.389 e. The summed E-state index contributed by atoms with van der Waals surface area (Å²) in [5, 5.41) is 20.7. The number of rotatable bonds is 2. The number of hydrogen-bond acceptors (Lipinski definition) is 6. The van der Waals surface area contributed by atoms with Gasteiger partial charge in [-0.25, -0.2) is 4.39 Å². The molecule has 0 atom stereocenters. The first-order chi connectivity index (χ1) is 10.5. The molecule has 2 N–H and O–H groups in total. The largest absolute Gasteiger partial charge is 0.389 e. The van der Waals surface area contributed by atoms with Crippen molar-refractivity contribution in [1.82, 2.24) is 0 Å². The standard InChI is InChI=1S/C14H11FN4O2S/c15-8-1-2-11(12(5-8)19(20)21)18-4-3-9-10(6-16)14(17)22-13(9)7-18/h1-2,5H,3-4,7,17H2. The van der Waals surface area contributed by atoms with Crippen LogP contribution in [-0.4, -0.2) is 11.5 Å². The predicted molar refractivity (Wildman–Crippen MR) is 81.3 cm³/mol. The van der Waals surface area contributed by atoms with E-state index in [2.05, 4.69) is 6.07 Å². The normalized spacial score (nSPS) is 13.5. The van der Waals surface area contributed by atoms with Gasteiger partial charge in [0.1, 0.15) is 22.6 Å². The minimum atomic E-state index is -0.639. The van der Waals surface area contributed by atoms with Gasteiger partial charge in [-0.2, -0.15) is 5.26 Å². The summed E-state index contributed by atoms with van der Waals surface area (Å²) in [6.45, 7) is 0.947. The Morgan fingerprint density at radius 1 is 1.50 bits per heavy atom. The second-order valence-electron chi connectivity index (χ2n) is 4.92. The van der Waals surface area contributed by atoms with Gasteiger partial charge < -0.3 is 10.6 Å². The van der Waals surface area contributed by atoms with Gasteiger partial charge in [0.05, 0.1) is 23.1 Å². The van der Waals surface area contributed by atoms with Gasteiger partial charge in [0.2, 0.25) is 0 Å². The molecule has 0 bridgehead atoms. The topological polar surface area (TPSA) is 96.2 Å². The molecule has 112 valence electrons. The maximum absolute atomic E-state index is 13.2. The highest BCUT2D eigenvalue weighted by Crippen LogP contribution is 2.38. The summed E-state index contributed by atoms with van der Waals surface area (Å²) < 4.78 is 13.2. The lowest BCUT2D eigenvalue weighted by Gasteiger charge is -2.28. The monoisotopic (exact) mass is 318 g/mol. The maximum Gasteiger partial charge on any atom is 0.295 e. The number of halogens is 1. The van der Waals surface area contributed by atoms with Crippen molar-refractivity contribution in [3.05, 3.63) is 50.1 Å². The first-order valence-corrected chi connectivity index (χ1v) is 7.32. The first kappa shape index (κ1) is 14.3. The third-order valence-corrected chi connectivity index (χ3v) is 4.72. The van der Waals surface area contributed by atoms with Gasteiger partial charge in [-0.1, -0.05) is 0 Å². The van der Waals surface area contributed by atoms with Crippen molar-refractivity contribution in [2.75, 3.05) is 17.2 Å². The average molecular weight is 318 g/mol. The lowest BCUT2D eigenvalue weighted by Crippen LogP contribution is -2.30. The van der Waals surface area contributed by atoms with Crippen LogP contribution in [0.2, 0.25) is 0 Å². The number of benzene rings is 1. The molecule has 3 rings (SSSR count). The molecule has 1 aromatic heterocycles. The van der Waals surface area contributed by atoms with E-state index in [1.165, 1.54) is 23.5 Å². The number of nitro groups is 1. The fourth-order valence-corrected chi connectivity index (χ4v) is 3.75. The lowest BCUT2D eigenvalue weighted by molar-refractivity contribution is -0.384. The van der Waals surface area contributed by atoms with Crippen molar-refractivity contribution < 1.29 is 9.31 Å². The van der Waals surface area contributed by atoms with Gasteiger partial charge in [0.15, 0.2) is 0 Å². The van der Waals surface area contributed by atoms with Gasteiger partial charge in [0.25, 0.3) is 5.69 Å². The number of nitriles is 1. The van der Waals surface area contributed by atoms with Gasteiger partial charge in [-0.3, -0.25) is 10.1 Å². The molecular formula is C14H11FN4O2S. The zero-order valence-corrected chi connectivity index (χ0v) is 12.2. The second-order valence-corrected chi connectivity index (χ2v) is 6.05. The van der Waals surface area contributed by atoms with Crippen LogP contribution in [0.1, 0.15) is 16.0 Å². The van der Waals surface area contributed by atoms with Crippen LogP contribution in [0.25, 0.3) is 0 Å². The maximum atomic E-state index is 13.2. The number of nitro benzene ring substituents is 1. The van der Waals surface area contributed by atoms with E-state index in [-0.39, 0.29) is 5.69 Å². The first-order valence-electron chi connectivity index (χ1n) is 6.50. The van der Waals surface area contributed by atoms with E-state index in [4.69, 9.17) is 11.0 Å². The summed E-state index contributed by atoms with van der Waals surface area (Å²) in [5.74, 6) is -0.639. The summed E-state index contributed by atoms with van der Waals surface area (Å²) >= 11 is 1.33. The highest BCUT2D eigenvalue weighted by Gasteiger charge is 2.27. The van der Waals surface area contributed by atoms with Crippen LogP contribution in [0.4, 0.5) is 20.8 Å². The fourth-order valence-electron chi connectivity index (χ4n) is 2.66. The molecule has 6 nitrogen and oxygen atoms in total. The quantitative estimate of drug-likeness (QED) is 0.678. The molecule has 2 aromatic rings. The molecule has 1 aliphatic heterocycles. The molecule has 22 heavy (non-hydrogen) atoms. The number of hydrogen-bond donors (Lipinski definition) is 1. The molecule has 0 unspecified atom stereocenters. The lowest BCUT2D eigenvalue weighted by atomic mass is 10.0. The summed E-state index contributed by atoms with van der Waals surface area (Å²) in [5.41, 5.74) is 7.38. The van der Waals surface area contributed by atoms with Crippen LogP contribution in [0.3, 0.4) is 0 Å². The SMILES string of the molecule is N#Cc1c(N)sc2c1CCN(c1ccc(F)cc1[N+](=O)[O-])C2. The second kappa shape index (κ2) is 5.27. The molecule has 8 heteroatoms. The van der Waals surface area contributed by atoms with Crippen molar-refractivity contribution in [2.45, 2.75) is 13.0 Å². The summed E-state index contributed by atoms with van der Waals surface area (Å²) in [6.07, 6.45) is 0.584. The number of fused-ring (bicyclic) bond motifs is 1. The van der Waals surface area contributed by atoms with E-state index < -0.39 is 10.7 Å². The van der Waals surface area contributed by atoms with E-state index in [9.17, 15) is 14.5 Å². The van der Waals surface area contributed by atoms with E-state index in [0.29, 0.717) is 35.8 Å². The molecule has 0 saturated heterocycles. The Morgan fingerprint density at radius 2 is 2.27 bits per heavy atom.